The van der Waals surface area contributed by atoms with E-state index in [0.717, 1.165) is 13.0 Å². The van der Waals surface area contributed by atoms with Crippen molar-refractivity contribution in [3.63, 3.8) is 0 Å². The summed E-state index contributed by atoms with van der Waals surface area (Å²) < 4.78 is 6.15. The molecule has 0 saturated heterocycles. The van der Waals surface area contributed by atoms with Crippen LogP contribution in [0.15, 0.2) is 12.7 Å². The summed E-state index contributed by atoms with van der Waals surface area (Å²) in [7, 11) is 2.04. The lowest BCUT2D eigenvalue weighted by Crippen LogP contribution is -2.51. The Morgan fingerprint density at radius 3 is 2.38 bits per heavy atom. The van der Waals surface area contributed by atoms with Crippen LogP contribution in [0.2, 0.25) is 0 Å². The summed E-state index contributed by atoms with van der Waals surface area (Å²) in [5, 5.41) is 3.43. The van der Waals surface area contributed by atoms with Gasteiger partial charge in [-0.15, -0.1) is 6.58 Å². The van der Waals surface area contributed by atoms with Crippen LogP contribution >= 0.6 is 0 Å². The summed E-state index contributed by atoms with van der Waals surface area (Å²) in [5.41, 5.74) is 0.0498. The van der Waals surface area contributed by atoms with E-state index < -0.39 is 0 Å². The first-order chi connectivity index (χ1) is 7.79. The van der Waals surface area contributed by atoms with Crippen LogP contribution in [0.1, 0.15) is 51.9 Å². The number of hydrogen-bond donors (Lipinski definition) is 1. The fourth-order valence-corrected chi connectivity index (χ4v) is 2.97. The molecule has 1 N–H and O–H groups in total. The molecule has 0 aliphatic heterocycles. The second kappa shape index (κ2) is 7.08. The van der Waals surface area contributed by atoms with Crippen molar-refractivity contribution in [2.24, 2.45) is 0 Å². The third-order valence-electron chi connectivity index (χ3n) is 3.77. The summed E-state index contributed by atoms with van der Waals surface area (Å²) in [4.78, 5) is 0. The Morgan fingerprint density at radius 2 is 1.94 bits per heavy atom. The molecule has 2 nitrogen and oxygen atoms in total. The topological polar surface area (TPSA) is 21.3 Å². The fraction of sp³-hybridized carbons (Fsp3) is 0.857. The SMILES string of the molecule is C=CCC(NC)C1(OCC)CCCCCC1. The minimum atomic E-state index is 0.0498. The lowest BCUT2D eigenvalue weighted by molar-refractivity contribution is -0.0746. The van der Waals surface area contributed by atoms with E-state index in [1.54, 1.807) is 0 Å². The average molecular weight is 225 g/mol. The Kier molecular flexibility index (Phi) is 6.07. The maximum Gasteiger partial charge on any atom is 0.0837 e. The van der Waals surface area contributed by atoms with Gasteiger partial charge in [0.25, 0.3) is 0 Å². The standard InChI is InChI=1S/C14H27NO/c1-4-10-13(15-3)14(16-5-2)11-8-6-7-9-12-14/h4,13,15H,1,5-12H2,2-3H3. The average Bonchev–Trinajstić information content (AvgIpc) is 2.53. The zero-order valence-electron chi connectivity index (χ0n) is 10.9. The van der Waals surface area contributed by atoms with Gasteiger partial charge in [0.2, 0.25) is 0 Å². The molecule has 1 rings (SSSR count). The summed E-state index contributed by atoms with van der Waals surface area (Å²) in [6.07, 6.45) is 10.7. The number of ether oxygens (including phenoxy) is 1. The minimum Gasteiger partial charge on any atom is -0.374 e. The van der Waals surface area contributed by atoms with Crippen LogP contribution in [-0.2, 0) is 4.74 Å². The summed E-state index contributed by atoms with van der Waals surface area (Å²) in [6, 6.07) is 0.419. The van der Waals surface area contributed by atoms with Gasteiger partial charge in [0.1, 0.15) is 0 Å². The van der Waals surface area contributed by atoms with Gasteiger partial charge in [0, 0.05) is 12.6 Å². The van der Waals surface area contributed by atoms with Crippen LogP contribution in [0, 0.1) is 0 Å². The van der Waals surface area contributed by atoms with E-state index in [-0.39, 0.29) is 5.60 Å². The van der Waals surface area contributed by atoms with Gasteiger partial charge < -0.3 is 10.1 Å². The normalized spacial score (nSPS) is 22.4. The largest absolute Gasteiger partial charge is 0.374 e. The highest BCUT2D eigenvalue weighted by Gasteiger charge is 2.38. The molecule has 1 fully saturated rings. The first-order valence-electron chi connectivity index (χ1n) is 6.71. The summed E-state index contributed by atoms with van der Waals surface area (Å²) in [6.45, 7) is 6.78. The monoisotopic (exact) mass is 225 g/mol. The van der Waals surface area contributed by atoms with Gasteiger partial charge in [-0.05, 0) is 33.2 Å². The molecular weight excluding hydrogens is 198 g/mol. The van der Waals surface area contributed by atoms with Gasteiger partial charge in [0.05, 0.1) is 5.60 Å². The van der Waals surface area contributed by atoms with Crippen LogP contribution < -0.4 is 5.32 Å². The first kappa shape index (κ1) is 13.7. The molecule has 0 radical (unpaired) electrons. The molecule has 94 valence electrons. The number of rotatable bonds is 6. The molecule has 0 aromatic carbocycles. The van der Waals surface area contributed by atoms with Crippen molar-refractivity contribution in [3.8, 4) is 0 Å². The molecule has 0 bridgehead atoms. The van der Waals surface area contributed by atoms with E-state index in [2.05, 4.69) is 18.8 Å². The van der Waals surface area contributed by atoms with Crippen LogP contribution in [0.4, 0.5) is 0 Å². The molecule has 1 aliphatic carbocycles. The van der Waals surface area contributed by atoms with Gasteiger partial charge in [-0.3, -0.25) is 0 Å². The molecule has 0 aromatic rings. The highest BCUT2D eigenvalue weighted by atomic mass is 16.5. The summed E-state index contributed by atoms with van der Waals surface area (Å²) >= 11 is 0. The molecule has 1 aliphatic rings. The van der Waals surface area contributed by atoms with Crippen molar-refractivity contribution in [1.29, 1.82) is 0 Å². The number of hydrogen-bond acceptors (Lipinski definition) is 2. The van der Waals surface area contributed by atoms with Crippen molar-refractivity contribution in [3.05, 3.63) is 12.7 Å². The van der Waals surface area contributed by atoms with Crippen molar-refractivity contribution in [1.82, 2.24) is 5.32 Å². The number of nitrogens with one attached hydrogen (secondary N) is 1. The van der Waals surface area contributed by atoms with Crippen molar-refractivity contribution in [2.45, 2.75) is 63.5 Å². The van der Waals surface area contributed by atoms with Crippen LogP contribution in [0.3, 0.4) is 0 Å². The van der Waals surface area contributed by atoms with Gasteiger partial charge >= 0.3 is 0 Å². The Hall–Kier alpha value is -0.340. The molecule has 0 spiro atoms. The van der Waals surface area contributed by atoms with Crippen molar-refractivity contribution in [2.75, 3.05) is 13.7 Å². The lowest BCUT2D eigenvalue weighted by Gasteiger charge is -2.40. The van der Waals surface area contributed by atoms with Gasteiger partial charge in [-0.1, -0.05) is 31.8 Å². The van der Waals surface area contributed by atoms with Gasteiger partial charge in [-0.2, -0.15) is 0 Å². The van der Waals surface area contributed by atoms with Crippen LogP contribution in [0.25, 0.3) is 0 Å². The first-order valence-corrected chi connectivity index (χ1v) is 6.71. The molecule has 1 saturated carbocycles. The van der Waals surface area contributed by atoms with E-state index >= 15 is 0 Å². The molecule has 0 amide bonds. The maximum absolute atomic E-state index is 6.15. The molecular formula is C14H27NO. The van der Waals surface area contributed by atoms with Gasteiger partial charge in [-0.25, -0.2) is 0 Å². The highest BCUT2D eigenvalue weighted by molar-refractivity contribution is 4.97. The quantitative estimate of drug-likeness (QED) is 0.553. The minimum absolute atomic E-state index is 0.0498. The summed E-state index contributed by atoms with van der Waals surface area (Å²) in [5.74, 6) is 0. The fourth-order valence-electron chi connectivity index (χ4n) is 2.97. The highest BCUT2D eigenvalue weighted by Crippen LogP contribution is 2.34. The van der Waals surface area contributed by atoms with E-state index in [1.165, 1.54) is 38.5 Å². The second-order valence-electron chi connectivity index (χ2n) is 4.78. The van der Waals surface area contributed by atoms with E-state index in [1.807, 2.05) is 13.1 Å². The van der Waals surface area contributed by atoms with Crippen molar-refractivity contribution < 1.29 is 4.74 Å². The Morgan fingerprint density at radius 1 is 1.31 bits per heavy atom. The molecule has 16 heavy (non-hydrogen) atoms. The molecule has 0 heterocycles. The van der Waals surface area contributed by atoms with E-state index in [9.17, 15) is 0 Å². The van der Waals surface area contributed by atoms with Crippen LogP contribution in [0.5, 0.6) is 0 Å². The van der Waals surface area contributed by atoms with Crippen molar-refractivity contribution >= 4 is 0 Å². The van der Waals surface area contributed by atoms with Gasteiger partial charge in [0.15, 0.2) is 0 Å². The maximum atomic E-state index is 6.15. The van der Waals surface area contributed by atoms with Crippen LogP contribution in [-0.4, -0.2) is 25.3 Å². The molecule has 2 heteroatoms. The Bertz CT molecular complexity index is 195. The lowest BCUT2D eigenvalue weighted by atomic mass is 9.84. The van der Waals surface area contributed by atoms with E-state index in [0.29, 0.717) is 6.04 Å². The smallest absolute Gasteiger partial charge is 0.0837 e. The zero-order valence-corrected chi connectivity index (χ0v) is 10.9. The third kappa shape index (κ3) is 3.33. The van der Waals surface area contributed by atoms with E-state index in [4.69, 9.17) is 4.74 Å². The number of likely N-dealkylation sites (N-methyl/N-ethyl adjacent to an activating group) is 1. The second-order valence-corrected chi connectivity index (χ2v) is 4.78. The molecule has 0 aromatic heterocycles. The molecule has 1 unspecified atom stereocenters. The third-order valence-corrected chi connectivity index (χ3v) is 3.77. The molecule has 1 atom stereocenters. The predicted molar refractivity (Wildman–Crippen MR) is 69.7 cm³/mol. The predicted octanol–water partition coefficient (Wildman–Crippen LogP) is 3.28. The zero-order chi connectivity index (χ0) is 11.9. The Balaban J connectivity index is 2.77. The Labute approximate surface area is 100 Å².